The number of terminal acetylenes is 1. The molecule has 1 aromatic carbocycles. The smallest absolute Gasteiger partial charge is 0.261 e. The Labute approximate surface area is 123 Å². The summed E-state index contributed by atoms with van der Waals surface area (Å²) < 4.78 is 22.6. The molecule has 6 heteroatoms. The zero-order chi connectivity index (χ0) is 15.3. The van der Waals surface area contributed by atoms with E-state index in [1.54, 1.807) is 13.0 Å². The van der Waals surface area contributed by atoms with Gasteiger partial charge in [0.2, 0.25) is 0 Å². The van der Waals surface area contributed by atoms with E-state index >= 15 is 0 Å². The summed E-state index contributed by atoms with van der Waals surface area (Å²) in [6.07, 6.45) is 6.35. The number of hydrogen-bond donors (Lipinski definition) is 1. The summed E-state index contributed by atoms with van der Waals surface area (Å²) >= 11 is 0. The Bertz CT molecular complexity index is 647. The largest absolute Gasteiger partial charge is 0.348 e. The maximum Gasteiger partial charge on any atom is 0.261 e. The monoisotopic (exact) mass is 313 g/mol. The van der Waals surface area contributed by atoms with E-state index in [9.17, 15) is 13.2 Å². The predicted molar refractivity (Wildman–Crippen MR) is 79.2 cm³/mol. The molecular weight excluding hydrogens is 298 g/mol. The van der Waals surface area contributed by atoms with Crippen molar-refractivity contribution >= 4 is 25.6 Å². The van der Waals surface area contributed by atoms with Crippen LogP contribution in [0.5, 0.6) is 0 Å². The molecule has 0 aromatic heterocycles. The van der Waals surface area contributed by atoms with Crippen molar-refractivity contribution in [2.45, 2.75) is 37.6 Å². The van der Waals surface area contributed by atoms with Gasteiger partial charge in [0.05, 0.1) is 4.90 Å². The summed E-state index contributed by atoms with van der Waals surface area (Å²) in [4.78, 5) is 12.1. The van der Waals surface area contributed by atoms with Crippen LogP contribution >= 0.6 is 10.7 Å². The second-order valence-corrected chi connectivity index (χ2v) is 6.97. The van der Waals surface area contributed by atoms with Gasteiger partial charge in [-0.1, -0.05) is 13.0 Å². The number of benzene rings is 1. The summed E-state index contributed by atoms with van der Waals surface area (Å²) in [5.41, 5.74) is 0.948. The van der Waals surface area contributed by atoms with Gasteiger partial charge >= 0.3 is 0 Å². The predicted octanol–water partition coefficient (Wildman–Crippen LogP) is 2.45. The third-order valence-corrected chi connectivity index (χ3v) is 4.28. The number of carbonyl (C=O) groups excluding carboxylic acids is 1. The van der Waals surface area contributed by atoms with Crippen LogP contribution in [0, 0.1) is 19.3 Å². The molecule has 0 saturated heterocycles. The van der Waals surface area contributed by atoms with E-state index in [0.29, 0.717) is 18.4 Å². The molecular formula is C14H16ClNO3S. The van der Waals surface area contributed by atoms with Gasteiger partial charge in [-0.3, -0.25) is 4.79 Å². The van der Waals surface area contributed by atoms with Gasteiger partial charge < -0.3 is 5.32 Å². The summed E-state index contributed by atoms with van der Waals surface area (Å²) in [7, 11) is 1.42. The molecule has 0 bridgehead atoms. The van der Waals surface area contributed by atoms with E-state index < -0.39 is 9.05 Å². The molecule has 1 rings (SSSR count). The molecule has 1 unspecified atom stereocenters. The molecule has 0 saturated carbocycles. The standard InChI is InChI=1S/C14H16ClNO3S/c1-4-6-11(5-2)16-14(17)13-9-12(20(15,18)19)8-7-10(13)3/h1,7-9,11H,5-6H2,2-3H3,(H,16,17). The van der Waals surface area contributed by atoms with Gasteiger partial charge in [-0.25, -0.2) is 8.42 Å². The van der Waals surface area contributed by atoms with Crippen molar-refractivity contribution in [3.8, 4) is 12.3 Å². The maximum absolute atomic E-state index is 12.2. The van der Waals surface area contributed by atoms with Crippen LogP contribution in [-0.4, -0.2) is 20.4 Å². The van der Waals surface area contributed by atoms with Gasteiger partial charge in [0.1, 0.15) is 0 Å². The van der Waals surface area contributed by atoms with Crippen molar-refractivity contribution in [1.82, 2.24) is 5.32 Å². The van der Waals surface area contributed by atoms with Crippen molar-refractivity contribution in [1.29, 1.82) is 0 Å². The molecule has 1 aromatic rings. The molecule has 1 amide bonds. The van der Waals surface area contributed by atoms with Gasteiger partial charge in [0.25, 0.3) is 15.0 Å². The first kappa shape index (κ1) is 16.5. The topological polar surface area (TPSA) is 63.2 Å². The van der Waals surface area contributed by atoms with Gasteiger partial charge in [-0.05, 0) is 31.0 Å². The zero-order valence-electron chi connectivity index (χ0n) is 11.3. The number of aryl methyl sites for hydroxylation is 1. The van der Waals surface area contributed by atoms with Crippen molar-refractivity contribution in [3.63, 3.8) is 0 Å². The SMILES string of the molecule is C#CCC(CC)NC(=O)c1cc(S(=O)(=O)Cl)ccc1C. The molecule has 0 aliphatic carbocycles. The lowest BCUT2D eigenvalue weighted by Crippen LogP contribution is -2.34. The Balaban J connectivity index is 3.07. The lowest BCUT2D eigenvalue weighted by Gasteiger charge is -2.15. The lowest BCUT2D eigenvalue weighted by atomic mass is 10.1. The van der Waals surface area contributed by atoms with Crippen LogP contribution in [0.25, 0.3) is 0 Å². The fourth-order valence-corrected chi connectivity index (χ4v) is 2.48. The molecule has 0 fully saturated rings. The van der Waals surface area contributed by atoms with E-state index in [2.05, 4.69) is 11.2 Å². The van der Waals surface area contributed by atoms with Crippen LogP contribution in [0.2, 0.25) is 0 Å². The van der Waals surface area contributed by atoms with Crippen molar-refractivity contribution in [3.05, 3.63) is 29.3 Å². The van der Waals surface area contributed by atoms with Gasteiger partial charge in [0.15, 0.2) is 0 Å². The van der Waals surface area contributed by atoms with Crippen LogP contribution in [0.15, 0.2) is 23.1 Å². The highest BCUT2D eigenvalue weighted by Gasteiger charge is 2.17. The van der Waals surface area contributed by atoms with E-state index in [-0.39, 0.29) is 22.4 Å². The third-order valence-electron chi connectivity index (χ3n) is 2.93. The minimum atomic E-state index is -3.86. The molecule has 0 aliphatic heterocycles. The molecule has 20 heavy (non-hydrogen) atoms. The van der Waals surface area contributed by atoms with Crippen LogP contribution in [0.1, 0.15) is 35.7 Å². The molecule has 1 atom stereocenters. The van der Waals surface area contributed by atoms with E-state index in [1.165, 1.54) is 12.1 Å². The number of carbonyl (C=O) groups is 1. The van der Waals surface area contributed by atoms with Crippen molar-refractivity contribution in [2.24, 2.45) is 0 Å². The van der Waals surface area contributed by atoms with Crippen LogP contribution in [0.4, 0.5) is 0 Å². The molecule has 0 aliphatic rings. The average Bonchev–Trinajstić information content (AvgIpc) is 2.37. The van der Waals surface area contributed by atoms with Crippen molar-refractivity contribution < 1.29 is 13.2 Å². The second-order valence-electron chi connectivity index (χ2n) is 4.40. The minimum absolute atomic E-state index is 0.0973. The first-order valence-electron chi connectivity index (χ1n) is 6.09. The molecule has 0 spiro atoms. The highest BCUT2D eigenvalue weighted by molar-refractivity contribution is 8.13. The van der Waals surface area contributed by atoms with Crippen LogP contribution in [0.3, 0.4) is 0 Å². The average molecular weight is 314 g/mol. The minimum Gasteiger partial charge on any atom is -0.348 e. The Morgan fingerprint density at radius 2 is 2.15 bits per heavy atom. The Hall–Kier alpha value is -1.51. The molecule has 4 nitrogen and oxygen atoms in total. The first-order chi connectivity index (χ1) is 9.29. The van der Waals surface area contributed by atoms with Crippen LogP contribution < -0.4 is 5.32 Å². The summed E-state index contributed by atoms with van der Waals surface area (Å²) in [5.74, 6) is 2.14. The summed E-state index contributed by atoms with van der Waals surface area (Å²) in [5, 5.41) is 2.78. The second kappa shape index (κ2) is 6.78. The quantitative estimate of drug-likeness (QED) is 0.671. The number of halogens is 1. The first-order valence-corrected chi connectivity index (χ1v) is 8.40. The molecule has 0 radical (unpaired) electrons. The number of rotatable bonds is 5. The highest BCUT2D eigenvalue weighted by Crippen LogP contribution is 2.19. The van der Waals surface area contributed by atoms with E-state index in [1.807, 2.05) is 6.92 Å². The maximum atomic E-state index is 12.2. The Morgan fingerprint density at radius 3 is 2.65 bits per heavy atom. The Morgan fingerprint density at radius 1 is 1.50 bits per heavy atom. The van der Waals surface area contributed by atoms with Gasteiger partial charge in [-0.15, -0.1) is 12.3 Å². The number of amides is 1. The molecule has 1 N–H and O–H groups in total. The normalized spacial score (nSPS) is 12.5. The summed E-state index contributed by atoms with van der Waals surface area (Å²) in [6, 6.07) is 4.05. The zero-order valence-corrected chi connectivity index (χ0v) is 12.9. The van der Waals surface area contributed by atoms with Crippen molar-refractivity contribution in [2.75, 3.05) is 0 Å². The number of hydrogen-bond acceptors (Lipinski definition) is 3. The molecule has 0 heterocycles. The lowest BCUT2D eigenvalue weighted by molar-refractivity contribution is 0.0936. The third kappa shape index (κ3) is 4.26. The fraction of sp³-hybridized carbons (Fsp3) is 0.357. The van der Waals surface area contributed by atoms with E-state index in [4.69, 9.17) is 17.1 Å². The highest BCUT2D eigenvalue weighted by atomic mass is 35.7. The Kier molecular flexibility index (Phi) is 5.61. The van der Waals surface area contributed by atoms with Gasteiger partial charge in [-0.2, -0.15) is 0 Å². The molecule has 108 valence electrons. The fourth-order valence-electron chi connectivity index (χ4n) is 1.70. The van der Waals surface area contributed by atoms with Crippen LogP contribution in [-0.2, 0) is 9.05 Å². The number of nitrogens with one attached hydrogen (secondary N) is 1. The van der Waals surface area contributed by atoms with E-state index in [0.717, 1.165) is 0 Å². The summed E-state index contributed by atoms with van der Waals surface area (Å²) in [6.45, 7) is 3.64. The van der Waals surface area contributed by atoms with Gasteiger partial charge in [0, 0.05) is 28.7 Å².